The third-order valence-corrected chi connectivity index (χ3v) is 6.27. The van der Waals surface area contributed by atoms with Crippen LogP contribution in [0.25, 0.3) is 21.3 Å². The van der Waals surface area contributed by atoms with E-state index >= 15 is 0 Å². The molecule has 4 heterocycles. The molecule has 1 aromatic carbocycles. The molecular formula is C19H15N5OS2. The summed E-state index contributed by atoms with van der Waals surface area (Å²) in [6.07, 6.45) is 2.50. The van der Waals surface area contributed by atoms with Crippen molar-refractivity contribution in [2.45, 2.75) is 13.0 Å². The van der Waals surface area contributed by atoms with E-state index in [2.05, 4.69) is 10.1 Å². The van der Waals surface area contributed by atoms with Gasteiger partial charge in [0.05, 0.1) is 28.6 Å². The second-order valence-electron chi connectivity index (χ2n) is 6.33. The molecule has 4 aromatic heterocycles. The molecule has 8 heteroatoms. The van der Waals surface area contributed by atoms with E-state index in [-0.39, 0.29) is 5.56 Å². The van der Waals surface area contributed by atoms with Gasteiger partial charge < -0.3 is 4.57 Å². The summed E-state index contributed by atoms with van der Waals surface area (Å²) < 4.78 is 4.41. The van der Waals surface area contributed by atoms with Crippen LogP contribution in [0.2, 0.25) is 0 Å². The van der Waals surface area contributed by atoms with Crippen molar-refractivity contribution in [3.05, 3.63) is 74.0 Å². The summed E-state index contributed by atoms with van der Waals surface area (Å²) in [6, 6.07) is 9.88. The van der Waals surface area contributed by atoms with Gasteiger partial charge in [0.25, 0.3) is 5.56 Å². The van der Waals surface area contributed by atoms with Crippen LogP contribution in [0.15, 0.2) is 52.2 Å². The van der Waals surface area contributed by atoms with Crippen LogP contribution in [0.4, 0.5) is 0 Å². The molecule has 27 heavy (non-hydrogen) atoms. The SMILES string of the molecule is Cn1c2nc(Cc3cscn3)sc2c2cnn(Cc3ccccc3)c(=O)c21. The average molecular weight is 393 g/mol. The summed E-state index contributed by atoms with van der Waals surface area (Å²) >= 11 is 3.19. The first-order valence-corrected chi connectivity index (χ1v) is 10.2. The zero-order chi connectivity index (χ0) is 18.4. The molecule has 0 N–H and O–H groups in total. The van der Waals surface area contributed by atoms with Crippen LogP contribution >= 0.6 is 22.7 Å². The highest BCUT2D eigenvalue weighted by molar-refractivity contribution is 7.19. The van der Waals surface area contributed by atoms with Gasteiger partial charge in [-0.25, -0.2) is 14.6 Å². The second-order valence-corrected chi connectivity index (χ2v) is 8.13. The largest absolute Gasteiger partial charge is 0.323 e. The molecule has 0 aliphatic heterocycles. The van der Waals surface area contributed by atoms with E-state index in [0.29, 0.717) is 18.5 Å². The van der Waals surface area contributed by atoms with Gasteiger partial charge in [-0.15, -0.1) is 22.7 Å². The number of aromatic nitrogens is 5. The maximum Gasteiger partial charge on any atom is 0.291 e. The number of fused-ring (bicyclic) bond motifs is 3. The van der Waals surface area contributed by atoms with Gasteiger partial charge in [0.15, 0.2) is 5.65 Å². The fourth-order valence-electron chi connectivity index (χ4n) is 3.26. The van der Waals surface area contributed by atoms with Crippen LogP contribution in [0.1, 0.15) is 16.3 Å². The predicted octanol–water partition coefficient (Wildman–Crippen LogP) is 3.44. The number of aryl methyl sites for hydroxylation is 1. The molecule has 0 radical (unpaired) electrons. The second kappa shape index (κ2) is 6.40. The molecule has 0 saturated heterocycles. The molecule has 0 spiro atoms. The summed E-state index contributed by atoms with van der Waals surface area (Å²) in [5.41, 5.74) is 5.28. The monoisotopic (exact) mass is 393 g/mol. The first-order chi connectivity index (χ1) is 13.2. The van der Waals surface area contributed by atoms with Gasteiger partial charge in [-0.1, -0.05) is 30.3 Å². The highest BCUT2D eigenvalue weighted by atomic mass is 32.1. The Morgan fingerprint density at radius 1 is 1.19 bits per heavy atom. The zero-order valence-corrected chi connectivity index (χ0v) is 16.1. The van der Waals surface area contributed by atoms with Crippen molar-refractivity contribution >= 4 is 43.9 Å². The molecule has 0 unspecified atom stereocenters. The van der Waals surface area contributed by atoms with Crippen molar-refractivity contribution < 1.29 is 0 Å². The molecule has 0 fully saturated rings. The topological polar surface area (TPSA) is 65.6 Å². The highest BCUT2D eigenvalue weighted by Gasteiger charge is 2.18. The van der Waals surface area contributed by atoms with Gasteiger partial charge in [-0.05, 0) is 5.56 Å². The Morgan fingerprint density at radius 3 is 2.81 bits per heavy atom. The van der Waals surface area contributed by atoms with Crippen LogP contribution in [-0.4, -0.2) is 24.3 Å². The molecule has 0 aliphatic rings. The minimum Gasteiger partial charge on any atom is -0.323 e. The van der Waals surface area contributed by atoms with E-state index in [9.17, 15) is 4.79 Å². The number of nitrogens with zero attached hydrogens (tertiary/aromatic N) is 5. The average Bonchev–Trinajstić information content (AvgIpc) is 3.38. The first kappa shape index (κ1) is 16.3. The summed E-state index contributed by atoms with van der Waals surface area (Å²) in [5, 5.41) is 8.31. The molecule has 5 aromatic rings. The van der Waals surface area contributed by atoms with Gasteiger partial charge in [0, 0.05) is 24.2 Å². The first-order valence-electron chi connectivity index (χ1n) is 8.45. The predicted molar refractivity (Wildman–Crippen MR) is 109 cm³/mol. The molecule has 0 atom stereocenters. The van der Waals surface area contributed by atoms with Gasteiger partial charge in [0.1, 0.15) is 10.5 Å². The molecule has 134 valence electrons. The van der Waals surface area contributed by atoms with Crippen molar-refractivity contribution in [3.63, 3.8) is 0 Å². The van der Waals surface area contributed by atoms with Gasteiger partial charge >= 0.3 is 0 Å². The Balaban J connectivity index is 1.60. The maximum absolute atomic E-state index is 13.0. The van der Waals surface area contributed by atoms with Crippen LogP contribution in [-0.2, 0) is 20.0 Å². The summed E-state index contributed by atoms with van der Waals surface area (Å²) in [6.45, 7) is 0.455. The Labute approximate surface area is 162 Å². The standard InChI is InChI=1S/C19H15N5OS2/c1-23-16-14(8-21-24(19(16)25)9-12-5-3-2-4-6-12)17-18(23)22-15(27-17)7-13-10-26-11-20-13/h2-6,8,10-11H,7,9H2,1H3. The Morgan fingerprint density at radius 2 is 2.04 bits per heavy atom. The fraction of sp³-hybridized carbons (Fsp3) is 0.158. The minimum absolute atomic E-state index is 0.0925. The van der Waals surface area contributed by atoms with Crippen LogP contribution in [0, 0.1) is 0 Å². The summed E-state index contributed by atoms with van der Waals surface area (Å²) in [4.78, 5) is 22.1. The molecule has 0 saturated carbocycles. The number of rotatable bonds is 4. The lowest BCUT2D eigenvalue weighted by atomic mass is 10.2. The van der Waals surface area contributed by atoms with Gasteiger partial charge in [-0.3, -0.25) is 4.79 Å². The van der Waals surface area contributed by atoms with E-state index in [1.54, 1.807) is 28.9 Å². The van der Waals surface area contributed by atoms with Crippen LogP contribution in [0.3, 0.4) is 0 Å². The van der Waals surface area contributed by atoms with E-state index in [1.165, 1.54) is 4.68 Å². The molecule has 0 aliphatic carbocycles. The van der Waals surface area contributed by atoms with E-state index in [4.69, 9.17) is 4.98 Å². The summed E-state index contributed by atoms with van der Waals surface area (Å²) in [5.74, 6) is 0. The third-order valence-electron chi connectivity index (χ3n) is 4.56. The van der Waals surface area contributed by atoms with Crippen molar-refractivity contribution in [1.82, 2.24) is 24.3 Å². The molecule has 0 bridgehead atoms. The van der Waals surface area contributed by atoms with Crippen molar-refractivity contribution in [1.29, 1.82) is 0 Å². The number of hydrogen-bond acceptors (Lipinski definition) is 6. The van der Waals surface area contributed by atoms with E-state index < -0.39 is 0 Å². The lowest BCUT2D eigenvalue weighted by molar-refractivity contribution is 0.644. The van der Waals surface area contributed by atoms with Crippen LogP contribution < -0.4 is 5.56 Å². The lowest BCUT2D eigenvalue weighted by Crippen LogP contribution is -2.24. The Hall–Kier alpha value is -2.84. The molecule has 5 rings (SSSR count). The minimum atomic E-state index is -0.0925. The highest BCUT2D eigenvalue weighted by Crippen LogP contribution is 2.31. The quantitative estimate of drug-likeness (QED) is 0.469. The molecular weight excluding hydrogens is 378 g/mol. The van der Waals surface area contributed by atoms with Crippen molar-refractivity contribution in [3.8, 4) is 0 Å². The third kappa shape index (κ3) is 2.77. The normalized spacial score (nSPS) is 11.6. The summed E-state index contributed by atoms with van der Waals surface area (Å²) in [7, 11) is 1.89. The molecule has 0 amide bonds. The molecule has 6 nitrogen and oxygen atoms in total. The number of hydrogen-bond donors (Lipinski definition) is 0. The lowest BCUT2D eigenvalue weighted by Gasteiger charge is -2.05. The van der Waals surface area contributed by atoms with Gasteiger partial charge in [0.2, 0.25) is 0 Å². The smallest absolute Gasteiger partial charge is 0.291 e. The van der Waals surface area contributed by atoms with Crippen molar-refractivity contribution in [2.24, 2.45) is 7.05 Å². The number of thiazole rings is 2. The van der Waals surface area contributed by atoms with Crippen molar-refractivity contribution in [2.75, 3.05) is 0 Å². The van der Waals surface area contributed by atoms with E-state index in [0.717, 1.165) is 32.0 Å². The van der Waals surface area contributed by atoms with E-state index in [1.807, 2.05) is 52.8 Å². The zero-order valence-electron chi connectivity index (χ0n) is 14.5. The van der Waals surface area contributed by atoms with Crippen LogP contribution in [0.5, 0.6) is 0 Å². The van der Waals surface area contributed by atoms with Gasteiger partial charge in [-0.2, -0.15) is 5.10 Å². The number of benzene rings is 1. The fourth-order valence-corrected chi connectivity index (χ4v) is 4.94. The Bertz CT molecular complexity index is 1300. The maximum atomic E-state index is 13.0. The Kier molecular flexibility index (Phi) is 3.87.